The van der Waals surface area contributed by atoms with E-state index in [0.29, 0.717) is 6.04 Å². The number of nitrogens with zero attached hydrogens (tertiary/aromatic N) is 2. The van der Waals surface area contributed by atoms with Crippen LogP contribution >= 0.6 is 0 Å². The van der Waals surface area contributed by atoms with E-state index in [0.717, 1.165) is 42.8 Å². The van der Waals surface area contributed by atoms with Gasteiger partial charge in [0.25, 0.3) is 0 Å². The summed E-state index contributed by atoms with van der Waals surface area (Å²) in [5.74, 6) is -0.228. The highest BCUT2D eigenvalue weighted by molar-refractivity contribution is 5.62. The van der Waals surface area contributed by atoms with E-state index in [9.17, 15) is 4.39 Å². The first kappa shape index (κ1) is 15.2. The third-order valence-corrected chi connectivity index (χ3v) is 4.42. The number of H-pyrrole nitrogens is 1. The molecule has 0 aliphatic carbocycles. The molecule has 22 heavy (non-hydrogen) atoms. The molecule has 5 heteroatoms. The Bertz CT molecular complexity index is 596. The topological polar surface area (TPSA) is 52.1 Å². The lowest BCUT2D eigenvalue weighted by molar-refractivity contribution is 0.210. The van der Waals surface area contributed by atoms with Crippen LogP contribution in [0.1, 0.15) is 31.2 Å². The van der Waals surface area contributed by atoms with Crippen LogP contribution in [0.2, 0.25) is 0 Å². The molecule has 2 heterocycles. The third-order valence-electron chi connectivity index (χ3n) is 4.42. The summed E-state index contributed by atoms with van der Waals surface area (Å²) >= 11 is 0. The largest absolute Gasteiger partial charge is 0.396 e. The first-order chi connectivity index (χ1) is 10.8. The van der Waals surface area contributed by atoms with Crippen LogP contribution in [0, 0.1) is 5.82 Å². The summed E-state index contributed by atoms with van der Waals surface area (Å²) in [7, 11) is 0. The number of likely N-dealkylation sites (tertiary alicyclic amines) is 1. The molecule has 1 atom stereocenters. The molecule has 1 aliphatic heterocycles. The lowest BCUT2D eigenvalue weighted by atomic mass is 10.1. The van der Waals surface area contributed by atoms with Gasteiger partial charge < -0.3 is 5.11 Å². The summed E-state index contributed by atoms with van der Waals surface area (Å²) in [4.78, 5) is 2.47. The number of benzene rings is 1. The lowest BCUT2D eigenvalue weighted by Crippen LogP contribution is -2.29. The average molecular weight is 303 g/mol. The van der Waals surface area contributed by atoms with E-state index >= 15 is 0 Å². The molecule has 3 rings (SSSR count). The van der Waals surface area contributed by atoms with Gasteiger partial charge in [0.15, 0.2) is 0 Å². The third kappa shape index (κ3) is 3.36. The average Bonchev–Trinajstić information content (AvgIpc) is 3.16. The van der Waals surface area contributed by atoms with Crippen molar-refractivity contribution < 1.29 is 9.50 Å². The number of hydrogen-bond donors (Lipinski definition) is 2. The fourth-order valence-corrected chi connectivity index (χ4v) is 3.27. The van der Waals surface area contributed by atoms with E-state index in [2.05, 4.69) is 15.1 Å². The Morgan fingerprint density at radius 1 is 1.32 bits per heavy atom. The minimum absolute atomic E-state index is 0.228. The first-order valence-corrected chi connectivity index (χ1v) is 7.91. The van der Waals surface area contributed by atoms with Gasteiger partial charge in [0.05, 0.1) is 11.9 Å². The van der Waals surface area contributed by atoms with Crippen LogP contribution in [-0.2, 0) is 6.54 Å². The second-order valence-corrected chi connectivity index (χ2v) is 5.91. The van der Waals surface area contributed by atoms with Gasteiger partial charge in [-0.3, -0.25) is 10.00 Å². The molecule has 0 saturated carbocycles. The van der Waals surface area contributed by atoms with E-state index < -0.39 is 0 Å². The van der Waals surface area contributed by atoms with Gasteiger partial charge in [0, 0.05) is 30.3 Å². The number of nitrogens with one attached hydrogen (secondary N) is 1. The lowest BCUT2D eigenvalue weighted by Gasteiger charge is -2.24. The molecule has 1 aromatic carbocycles. The zero-order chi connectivity index (χ0) is 15.4. The first-order valence-electron chi connectivity index (χ1n) is 7.91. The molecular weight excluding hydrogens is 281 g/mol. The number of aromatic nitrogens is 2. The SMILES string of the molecule is OCCCC1CCCN1Cc1cn[nH]c1-c1ccc(F)cc1. The second-order valence-electron chi connectivity index (χ2n) is 5.91. The molecule has 4 nitrogen and oxygen atoms in total. The van der Waals surface area contributed by atoms with E-state index in [1.807, 2.05) is 6.20 Å². The van der Waals surface area contributed by atoms with Crippen molar-refractivity contribution in [1.82, 2.24) is 15.1 Å². The maximum Gasteiger partial charge on any atom is 0.123 e. The van der Waals surface area contributed by atoms with Crippen molar-refractivity contribution in [3.8, 4) is 11.3 Å². The molecule has 1 aromatic heterocycles. The Kier molecular flexibility index (Phi) is 4.85. The molecule has 0 amide bonds. The van der Waals surface area contributed by atoms with Crippen molar-refractivity contribution in [3.05, 3.63) is 41.8 Å². The van der Waals surface area contributed by atoms with Crippen LogP contribution in [-0.4, -0.2) is 39.4 Å². The number of aromatic amines is 1. The molecular formula is C17H22FN3O. The zero-order valence-corrected chi connectivity index (χ0v) is 12.6. The Balaban J connectivity index is 1.73. The van der Waals surface area contributed by atoms with Gasteiger partial charge in [-0.15, -0.1) is 0 Å². The Labute approximate surface area is 130 Å². The molecule has 118 valence electrons. The second kappa shape index (κ2) is 7.03. The van der Waals surface area contributed by atoms with E-state index in [-0.39, 0.29) is 12.4 Å². The number of aliphatic hydroxyl groups is 1. The minimum atomic E-state index is -0.228. The van der Waals surface area contributed by atoms with Gasteiger partial charge in [-0.25, -0.2) is 4.39 Å². The molecule has 2 N–H and O–H groups in total. The minimum Gasteiger partial charge on any atom is -0.396 e. The summed E-state index contributed by atoms with van der Waals surface area (Å²) in [6.07, 6.45) is 6.17. The van der Waals surface area contributed by atoms with Crippen molar-refractivity contribution in [3.63, 3.8) is 0 Å². The standard InChI is InChI=1S/C17H22FN3O/c18-15-7-5-13(6-8-15)17-14(11-19-20-17)12-21-9-1-3-16(21)4-2-10-22/h5-8,11,16,22H,1-4,9-10,12H2,(H,19,20). The van der Waals surface area contributed by atoms with Crippen molar-refractivity contribution in [2.45, 2.75) is 38.3 Å². The molecule has 0 bridgehead atoms. The highest BCUT2D eigenvalue weighted by atomic mass is 19.1. The monoisotopic (exact) mass is 303 g/mol. The van der Waals surface area contributed by atoms with Crippen molar-refractivity contribution in [2.24, 2.45) is 0 Å². The van der Waals surface area contributed by atoms with Crippen LogP contribution in [0.15, 0.2) is 30.5 Å². The fourth-order valence-electron chi connectivity index (χ4n) is 3.27. The Hall–Kier alpha value is -1.72. The van der Waals surface area contributed by atoms with E-state index in [4.69, 9.17) is 5.11 Å². The van der Waals surface area contributed by atoms with Crippen LogP contribution in [0.25, 0.3) is 11.3 Å². The summed E-state index contributed by atoms with van der Waals surface area (Å²) in [6.45, 7) is 2.19. The smallest absolute Gasteiger partial charge is 0.123 e. The summed E-state index contributed by atoms with van der Waals surface area (Å²) in [6, 6.07) is 7.04. The molecule has 0 spiro atoms. The van der Waals surface area contributed by atoms with Gasteiger partial charge in [0.2, 0.25) is 0 Å². The van der Waals surface area contributed by atoms with E-state index in [1.54, 1.807) is 12.1 Å². The van der Waals surface area contributed by atoms with Gasteiger partial charge in [-0.1, -0.05) is 0 Å². The number of halogens is 1. The number of rotatable bonds is 6. The van der Waals surface area contributed by atoms with Crippen LogP contribution in [0.4, 0.5) is 4.39 Å². The van der Waals surface area contributed by atoms with Gasteiger partial charge in [0.1, 0.15) is 5.82 Å². The fraction of sp³-hybridized carbons (Fsp3) is 0.471. The molecule has 1 unspecified atom stereocenters. The van der Waals surface area contributed by atoms with Crippen molar-refractivity contribution in [1.29, 1.82) is 0 Å². The maximum absolute atomic E-state index is 13.1. The maximum atomic E-state index is 13.1. The predicted molar refractivity (Wildman–Crippen MR) is 83.7 cm³/mol. The van der Waals surface area contributed by atoms with Crippen molar-refractivity contribution in [2.75, 3.05) is 13.2 Å². The van der Waals surface area contributed by atoms with Gasteiger partial charge in [-0.05, 0) is 56.5 Å². The number of hydrogen-bond acceptors (Lipinski definition) is 3. The van der Waals surface area contributed by atoms with Crippen LogP contribution < -0.4 is 0 Å². The Morgan fingerprint density at radius 2 is 2.14 bits per heavy atom. The molecule has 2 aromatic rings. The highest BCUT2D eigenvalue weighted by Gasteiger charge is 2.25. The van der Waals surface area contributed by atoms with Gasteiger partial charge in [-0.2, -0.15) is 5.10 Å². The summed E-state index contributed by atoms with van der Waals surface area (Å²) < 4.78 is 13.1. The molecule has 0 radical (unpaired) electrons. The summed E-state index contributed by atoms with van der Waals surface area (Å²) in [5.41, 5.74) is 3.07. The summed E-state index contributed by atoms with van der Waals surface area (Å²) in [5, 5.41) is 16.2. The molecule has 1 fully saturated rings. The van der Waals surface area contributed by atoms with Crippen LogP contribution in [0.3, 0.4) is 0 Å². The molecule has 1 saturated heterocycles. The van der Waals surface area contributed by atoms with Crippen molar-refractivity contribution >= 4 is 0 Å². The van der Waals surface area contributed by atoms with E-state index in [1.165, 1.54) is 25.0 Å². The van der Waals surface area contributed by atoms with Gasteiger partial charge >= 0.3 is 0 Å². The number of aliphatic hydroxyl groups excluding tert-OH is 1. The quantitative estimate of drug-likeness (QED) is 0.862. The normalized spacial score (nSPS) is 18.9. The Morgan fingerprint density at radius 3 is 2.91 bits per heavy atom. The highest BCUT2D eigenvalue weighted by Crippen LogP contribution is 2.27. The van der Waals surface area contributed by atoms with Crippen LogP contribution in [0.5, 0.6) is 0 Å². The molecule has 1 aliphatic rings. The predicted octanol–water partition coefficient (Wildman–Crippen LogP) is 2.95. The zero-order valence-electron chi connectivity index (χ0n) is 12.6.